The van der Waals surface area contributed by atoms with Crippen molar-refractivity contribution in [1.29, 1.82) is 0 Å². The van der Waals surface area contributed by atoms with Gasteiger partial charge in [-0.25, -0.2) is 8.78 Å². The Labute approximate surface area is 158 Å². The molecule has 2 aromatic rings. The number of amides is 1. The van der Waals surface area contributed by atoms with Crippen LogP contribution in [0.25, 0.3) is 0 Å². The van der Waals surface area contributed by atoms with Crippen molar-refractivity contribution in [3.63, 3.8) is 0 Å². The molecule has 0 aromatic heterocycles. The van der Waals surface area contributed by atoms with Gasteiger partial charge in [0.2, 0.25) is 0 Å². The van der Waals surface area contributed by atoms with Crippen LogP contribution in [0, 0.1) is 11.6 Å². The number of rotatable bonds is 6. The SMILES string of the molecule is CN(C[C@@H](CC=O)c1ccc(F)cc1)C(=O)c1cc(F)cc2c1CCCC2. The first kappa shape index (κ1) is 19.2. The number of carbonyl (C=O) groups is 2. The molecule has 142 valence electrons. The van der Waals surface area contributed by atoms with E-state index in [0.29, 0.717) is 12.1 Å². The molecule has 2 aromatic carbocycles. The van der Waals surface area contributed by atoms with E-state index in [9.17, 15) is 18.4 Å². The van der Waals surface area contributed by atoms with Crippen LogP contribution in [0.5, 0.6) is 0 Å². The molecule has 3 nitrogen and oxygen atoms in total. The van der Waals surface area contributed by atoms with Crippen molar-refractivity contribution < 1.29 is 18.4 Å². The van der Waals surface area contributed by atoms with Crippen LogP contribution in [0.3, 0.4) is 0 Å². The summed E-state index contributed by atoms with van der Waals surface area (Å²) >= 11 is 0. The number of carbonyl (C=O) groups excluding carboxylic acids is 2. The van der Waals surface area contributed by atoms with Gasteiger partial charge in [0, 0.05) is 31.5 Å². The van der Waals surface area contributed by atoms with Gasteiger partial charge in [0.1, 0.15) is 17.9 Å². The Kier molecular flexibility index (Phi) is 5.99. The van der Waals surface area contributed by atoms with Gasteiger partial charge >= 0.3 is 0 Å². The van der Waals surface area contributed by atoms with Crippen LogP contribution < -0.4 is 0 Å². The van der Waals surface area contributed by atoms with Crippen molar-refractivity contribution in [2.24, 2.45) is 0 Å². The van der Waals surface area contributed by atoms with Crippen LogP contribution >= 0.6 is 0 Å². The minimum Gasteiger partial charge on any atom is -0.341 e. The third-order valence-corrected chi connectivity index (χ3v) is 5.22. The lowest BCUT2D eigenvalue weighted by Crippen LogP contribution is -2.32. The summed E-state index contributed by atoms with van der Waals surface area (Å²) < 4.78 is 27.2. The van der Waals surface area contributed by atoms with Gasteiger partial charge in [0.05, 0.1) is 0 Å². The average molecular weight is 371 g/mol. The van der Waals surface area contributed by atoms with Gasteiger partial charge in [-0.1, -0.05) is 12.1 Å². The van der Waals surface area contributed by atoms with Crippen molar-refractivity contribution in [2.45, 2.75) is 38.0 Å². The van der Waals surface area contributed by atoms with Crippen molar-refractivity contribution in [2.75, 3.05) is 13.6 Å². The monoisotopic (exact) mass is 371 g/mol. The van der Waals surface area contributed by atoms with Gasteiger partial charge in [-0.15, -0.1) is 0 Å². The van der Waals surface area contributed by atoms with Gasteiger partial charge in [0.15, 0.2) is 0 Å². The summed E-state index contributed by atoms with van der Waals surface area (Å²) in [6, 6.07) is 8.79. The Bertz CT molecular complexity index is 833. The highest BCUT2D eigenvalue weighted by Gasteiger charge is 2.24. The molecule has 1 aliphatic rings. The van der Waals surface area contributed by atoms with E-state index in [4.69, 9.17) is 0 Å². The Hall–Kier alpha value is -2.56. The van der Waals surface area contributed by atoms with Crippen LogP contribution in [0.4, 0.5) is 8.78 Å². The quantitative estimate of drug-likeness (QED) is 0.711. The molecule has 0 aliphatic heterocycles. The summed E-state index contributed by atoms with van der Waals surface area (Å²) in [5.41, 5.74) is 3.06. The highest BCUT2D eigenvalue weighted by atomic mass is 19.1. The number of hydrogen-bond donors (Lipinski definition) is 0. The van der Waals surface area contributed by atoms with E-state index in [2.05, 4.69) is 0 Å². The molecule has 1 amide bonds. The summed E-state index contributed by atoms with van der Waals surface area (Å²) in [6.07, 6.45) is 4.60. The van der Waals surface area contributed by atoms with Crippen LogP contribution in [-0.2, 0) is 17.6 Å². The number of fused-ring (bicyclic) bond motifs is 1. The molecular formula is C22H23F2NO2. The topological polar surface area (TPSA) is 37.4 Å². The maximum absolute atomic E-state index is 14.0. The van der Waals surface area contributed by atoms with E-state index in [1.54, 1.807) is 19.2 Å². The Morgan fingerprint density at radius 2 is 1.81 bits per heavy atom. The predicted molar refractivity (Wildman–Crippen MR) is 99.8 cm³/mol. The zero-order chi connectivity index (χ0) is 19.4. The van der Waals surface area contributed by atoms with Crippen LogP contribution in [-0.4, -0.2) is 30.7 Å². The lowest BCUT2D eigenvalue weighted by molar-refractivity contribution is -0.108. The molecule has 0 unspecified atom stereocenters. The number of benzene rings is 2. The second-order valence-corrected chi connectivity index (χ2v) is 7.13. The number of halogens is 2. The van der Waals surface area contributed by atoms with Crippen LogP contribution in [0.2, 0.25) is 0 Å². The molecule has 0 radical (unpaired) electrons. The van der Waals surface area contributed by atoms with Gasteiger partial charge in [0.25, 0.3) is 5.91 Å². The fraction of sp³-hybridized carbons (Fsp3) is 0.364. The van der Waals surface area contributed by atoms with Crippen molar-refractivity contribution in [3.05, 3.63) is 70.3 Å². The summed E-state index contributed by atoms with van der Waals surface area (Å²) in [6.45, 7) is 0.300. The normalized spacial score (nSPS) is 14.3. The van der Waals surface area contributed by atoms with E-state index < -0.39 is 5.82 Å². The summed E-state index contributed by atoms with van der Waals surface area (Å²) in [4.78, 5) is 25.6. The average Bonchev–Trinajstić information content (AvgIpc) is 2.67. The zero-order valence-corrected chi connectivity index (χ0v) is 15.4. The zero-order valence-electron chi connectivity index (χ0n) is 15.4. The molecule has 5 heteroatoms. The predicted octanol–water partition coefficient (Wildman–Crippen LogP) is 4.29. The van der Waals surface area contributed by atoms with Crippen molar-refractivity contribution in [3.8, 4) is 0 Å². The van der Waals surface area contributed by atoms with E-state index in [0.717, 1.165) is 48.7 Å². The molecule has 0 heterocycles. The Balaban J connectivity index is 1.83. The van der Waals surface area contributed by atoms with E-state index in [-0.39, 0.29) is 24.1 Å². The molecule has 0 saturated heterocycles. The molecule has 27 heavy (non-hydrogen) atoms. The smallest absolute Gasteiger partial charge is 0.254 e. The van der Waals surface area contributed by atoms with E-state index in [1.165, 1.54) is 29.2 Å². The van der Waals surface area contributed by atoms with Gasteiger partial charge in [-0.2, -0.15) is 0 Å². The molecule has 1 atom stereocenters. The first-order valence-corrected chi connectivity index (χ1v) is 9.25. The van der Waals surface area contributed by atoms with E-state index >= 15 is 0 Å². The number of likely N-dealkylation sites (N-methyl/N-ethyl adjacent to an activating group) is 1. The maximum Gasteiger partial charge on any atom is 0.254 e. The molecule has 0 bridgehead atoms. The van der Waals surface area contributed by atoms with Crippen LogP contribution in [0.15, 0.2) is 36.4 Å². The minimum absolute atomic E-state index is 0.227. The Morgan fingerprint density at radius 1 is 1.11 bits per heavy atom. The first-order valence-electron chi connectivity index (χ1n) is 9.25. The fourth-order valence-electron chi connectivity index (χ4n) is 3.81. The Morgan fingerprint density at radius 3 is 2.52 bits per heavy atom. The first-order chi connectivity index (χ1) is 13.0. The lowest BCUT2D eigenvalue weighted by Gasteiger charge is -2.26. The summed E-state index contributed by atoms with van der Waals surface area (Å²) in [5, 5.41) is 0. The van der Waals surface area contributed by atoms with Crippen LogP contribution in [0.1, 0.15) is 52.2 Å². The second-order valence-electron chi connectivity index (χ2n) is 7.13. The number of nitrogens with zero attached hydrogens (tertiary/aromatic N) is 1. The summed E-state index contributed by atoms with van der Waals surface area (Å²) in [7, 11) is 1.66. The van der Waals surface area contributed by atoms with Gasteiger partial charge in [-0.3, -0.25) is 4.79 Å². The highest BCUT2D eigenvalue weighted by Crippen LogP contribution is 2.28. The standard InChI is InChI=1S/C22H23F2NO2/c1-25(14-17(10-11-26)15-6-8-18(23)9-7-15)22(27)21-13-19(24)12-16-4-2-3-5-20(16)21/h6-9,11-13,17H,2-5,10,14H2,1H3/t17-/m1/s1. The minimum atomic E-state index is -0.393. The second kappa shape index (κ2) is 8.42. The largest absolute Gasteiger partial charge is 0.341 e. The van der Waals surface area contributed by atoms with Gasteiger partial charge < -0.3 is 9.69 Å². The molecule has 1 aliphatic carbocycles. The number of hydrogen-bond acceptors (Lipinski definition) is 2. The maximum atomic E-state index is 14.0. The number of aryl methyl sites for hydroxylation is 1. The highest BCUT2D eigenvalue weighted by molar-refractivity contribution is 5.96. The molecule has 0 saturated carbocycles. The van der Waals surface area contributed by atoms with Crippen molar-refractivity contribution >= 4 is 12.2 Å². The van der Waals surface area contributed by atoms with Crippen molar-refractivity contribution in [1.82, 2.24) is 4.90 Å². The third-order valence-electron chi connectivity index (χ3n) is 5.22. The number of aldehydes is 1. The van der Waals surface area contributed by atoms with Gasteiger partial charge in [-0.05, 0) is 66.6 Å². The fourth-order valence-corrected chi connectivity index (χ4v) is 3.81. The lowest BCUT2D eigenvalue weighted by atomic mass is 9.87. The molecule has 0 N–H and O–H groups in total. The molecule has 0 spiro atoms. The third kappa shape index (κ3) is 4.41. The summed E-state index contributed by atoms with van der Waals surface area (Å²) in [5.74, 6) is -1.22. The molecule has 0 fully saturated rings. The van der Waals surface area contributed by atoms with E-state index in [1.807, 2.05) is 0 Å². The molecule has 3 rings (SSSR count). The molecular weight excluding hydrogens is 348 g/mol.